The van der Waals surface area contributed by atoms with Gasteiger partial charge in [-0.2, -0.15) is 0 Å². The topological polar surface area (TPSA) is 89.0 Å². The summed E-state index contributed by atoms with van der Waals surface area (Å²) in [6.07, 6.45) is 3.83. The second kappa shape index (κ2) is 10.4. The summed E-state index contributed by atoms with van der Waals surface area (Å²) >= 11 is 0. The van der Waals surface area contributed by atoms with Gasteiger partial charge in [0.25, 0.3) is 11.7 Å². The lowest BCUT2D eigenvalue weighted by molar-refractivity contribution is -0.140. The summed E-state index contributed by atoms with van der Waals surface area (Å²) in [6.45, 7) is 8.51. The van der Waals surface area contributed by atoms with E-state index in [9.17, 15) is 14.7 Å². The first-order chi connectivity index (χ1) is 15.3. The molecule has 2 heterocycles. The number of hydrogen-bond acceptors (Lipinski definition) is 6. The summed E-state index contributed by atoms with van der Waals surface area (Å²) < 4.78 is 11.3. The monoisotopic (exact) mass is 438 g/mol. The number of Topliss-reactive ketones (excluding diaryl/α,β-unsaturated/α-hetero) is 1. The first-order valence-electron chi connectivity index (χ1n) is 10.9. The van der Waals surface area contributed by atoms with Crippen LogP contribution in [0.2, 0.25) is 0 Å². The maximum Gasteiger partial charge on any atom is 0.295 e. The van der Waals surface area contributed by atoms with Gasteiger partial charge in [0.05, 0.1) is 23.8 Å². The maximum atomic E-state index is 13.0. The molecule has 0 radical (unpaired) electrons. The third kappa shape index (κ3) is 5.34. The van der Waals surface area contributed by atoms with Crippen LogP contribution in [0.3, 0.4) is 0 Å². The third-order valence-electron chi connectivity index (χ3n) is 5.04. The molecule has 0 saturated carbocycles. The van der Waals surface area contributed by atoms with Crippen molar-refractivity contribution in [3.8, 4) is 5.75 Å². The van der Waals surface area contributed by atoms with E-state index in [2.05, 4.69) is 4.98 Å². The molecule has 0 spiro atoms. The molecule has 32 heavy (non-hydrogen) atoms. The van der Waals surface area contributed by atoms with Gasteiger partial charge >= 0.3 is 0 Å². The molecule has 7 nitrogen and oxygen atoms in total. The summed E-state index contributed by atoms with van der Waals surface area (Å²) in [5, 5.41) is 11.1. The van der Waals surface area contributed by atoms with E-state index in [-0.39, 0.29) is 23.5 Å². The predicted octanol–water partition coefficient (Wildman–Crippen LogP) is 4.11. The molecule has 1 atom stereocenters. The number of aliphatic hydroxyl groups is 1. The zero-order chi connectivity index (χ0) is 23.3. The molecule has 1 amide bonds. The molecule has 1 aromatic carbocycles. The number of aromatic nitrogens is 1. The molecule has 1 unspecified atom stereocenters. The Balaban J connectivity index is 2.00. The van der Waals surface area contributed by atoms with Crippen molar-refractivity contribution in [3.05, 3.63) is 65.5 Å². The number of hydrogen-bond donors (Lipinski definition) is 1. The van der Waals surface area contributed by atoms with Gasteiger partial charge in [0.1, 0.15) is 11.5 Å². The molecule has 170 valence electrons. The highest BCUT2D eigenvalue weighted by molar-refractivity contribution is 6.46. The van der Waals surface area contributed by atoms with Crippen molar-refractivity contribution >= 4 is 17.4 Å². The number of ether oxygens (including phenoxy) is 2. The number of likely N-dealkylation sites (tertiary alicyclic amines) is 1. The largest absolute Gasteiger partial charge is 0.507 e. The van der Waals surface area contributed by atoms with Gasteiger partial charge in [0, 0.05) is 31.1 Å². The predicted molar refractivity (Wildman–Crippen MR) is 121 cm³/mol. The van der Waals surface area contributed by atoms with Gasteiger partial charge in [-0.3, -0.25) is 14.6 Å². The number of rotatable bonds is 9. The normalized spacial score (nSPS) is 18.1. The van der Waals surface area contributed by atoms with Crippen LogP contribution >= 0.6 is 0 Å². The molecule has 1 aliphatic heterocycles. The third-order valence-corrected chi connectivity index (χ3v) is 5.04. The van der Waals surface area contributed by atoms with Crippen LogP contribution in [0.15, 0.2) is 54.4 Å². The number of nitrogens with zero attached hydrogens (tertiary/aromatic N) is 2. The van der Waals surface area contributed by atoms with Crippen LogP contribution in [0.5, 0.6) is 5.75 Å². The van der Waals surface area contributed by atoms with Gasteiger partial charge in [-0.05, 0) is 63.9 Å². The van der Waals surface area contributed by atoms with Gasteiger partial charge in [0.15, 0.2) is 0 Å². The molecule has 0 bridgehead atoms. The van der Waals surface area contributed by atoms with Gasteiger partial charge in [0.2, 0.25) is 0 Å². The lowest BCUT2D eigenvalue weighted by Gasteiger charge is -2.25. The second-order valence-electron chi connectivity index (χ2n) is 8.24. The second-order valence-corrected chi connectivity index (χ2v) is 8.24. The number of carbonyl (C=O) groups is 2. The Morgan fingerprint density at radius 3 is 2.47 bits per heavy atom. The molecular formula is C25H30N2O5. The van der Waals surface area contributed by atoms with Crippen LogP contribution in [0.1, 0.15) is 51.3 Å². The Bertz CT molecular complexity index is 985. The SMILES string of the molecule is CC(C)OCCCN1C(=O)C(=O)/C(=C(\O)c2cccc(OC(C)C)c2)C1c1ccncc1. The van der Waals surface area contributed by atoms with Gasteiger partial charge in [-0.1, -0.05) is 12.1 Å². The fourth-order valence-electron chi connectivity index (χ4n) is 3.70. The van der Waals surface area contributed by atoms with Crippen LogP contribution in [-0.4, -0.2) is 52.0 Å². The molecule has 1 aliphatic rings. The highest BCUT2D eigenvalue weighted by Crippen LogP contribution is 2.39. The van der Waals surface area contributed by atoms with Crippen molar-refractivity contribution in [1.29, 1.82) is 0 Å². The van der Waals surface area contributed by atoms with Crippen LogP contribution in [0, 0.1) is 0 Å². The summed E-state index contributed by atoms with van der Waals surface area (Å²) in [5.74, 6) is -0.985. The Morgan fingerprint density at radius 2 is 1.81 bits per heavy atom. The first kappa shape index (κ1) is 23.5. The number of aliphatic hydroxyl groups excluding tert-OH is 1. The molecule has 2 aromatic rings. The van der Waals surface area contributed by atoms with Gasteiger partial charge in [-0.15, -0.1) is 0 Å². The van der Waals surface area contributed by atoms with Crippen LogP contribution in [-0.2, 0) is 14.3 Å². The average molecular weight is 439 g/mol. The fraction of sp³-hybridized carbons (Fsp3) is 0.400. The smallest absolute Gasteiger partial charge is 0.295 e. The van der Waals surface area contributed by atoms with E-state index in [1.807, 2.05) is 27.7 Å². The number of amides is 1. The van der Waals surface area contributed by atoms with Gasteiger partial charge < -0.3 is 19.5 Å². The van der Waals surface area contributed by atoms with Crippen molar-refractivity contribution in [2.75, 3.05) is 13.2 Å². The zero-order valence-electron chi connectivity index (χ0n) is 18.9. The van der Waals surface area contributed by atoms with Crippen molar-refractivity contribution in [3.63, 3.8) is 0 Å². The lowest BCUT2D eigenvalue weighted by Crippen LogP contribution is -2.31. The zero-order valence-corrected chi connectivity index (χ0v) is 18.9. The van der Waals surface area contributed by atoms with Crippen molar-refractivity contribution in [2.45, 2.75) is 52.4 Å². The Hall–Kier alpha value is -3.19. The van der Waals surface area contributed by atoms with Crippen LogP contribution < -0.4 is 4.74 Å². The molecule has 0 aliphatic carbocycles. The maximum absolute atomic E-state index is 13.0. The Kier molecular flexibility index (Phi) is 7.64. The number of benzene rings is 1. The standard InChI is InChI=1S/C25H30N2O5/c1-16(2)31-14-6-13-27-22(18-9-11-26-12-10-18)21(24(29)25(27)30)23(28)19-7-5-8-20(15-19)32-17(3)4/h5,7-12,15-17,22,28H,6,13-14H2,1-4H3/b23-21-. The summed E-state index contributed by atoms with van der Waals surface area (Å²) in [4.78, 5) is 31.5. The first-order valence-corrected chi connectivity index (χ1v) is 10.9. The van der Waals surface area contributed by atoms with Crippen molar-refractivity contribution < 1.29 is 24.2 Å². The highest BCUT2D eigenvalue weighted by Gasteiger charge is 2.45. The average Bonchev–Trinajstić information content (AvgIpc) is 3.01. The molecule has 1 saturated heterocycles. The minimum atomic E-state index is -0.704. The van der Waals surface area contributed by atoms with E-state index in [1.165, 1.54) is 4.90 Å². The Morgan fingerprint density at radius 1 is 1.09 bits per heavy atom. The number of carbonyl (C=O) groups excluding carboxylic acids is 2. The molecular weight excluding hydrogens is 408 g/mol. The number of pyridine rings is 1. The summed E-state index contributed by atoms with van der Waals surface area (Å²) in [5.41, 5.74) is 1.19. The summed E-state index contributed by atoms with van der Waals surface area (Å²) in [6, 6.07) is 9.68. The molecule has 1 aromatic heterocycles. The van der Waals surface area contributed by atoms with Crippen LogP contribution in [0.25, 0.3) is 5.76 Å². The van der Waals surface area contributed by atoms with E-state index < -0.39 is 17.7 Å². The molecule has 7 heteroatoms. The van der Waals surface area contributed by atoms with E-state index in [0.717, 1.165) is 0 Å². The number of ketones is 1. The van der Waals surface area contributed by atoms with Crippen molar-refractivity contribution in [2.24, 2.45) is 0 Å². The Labute approximate surface area is 188 Å². The van der Waals surface area contributed by atoms with E-state index in [0.29, 0.717) is 36.4 Å². The lowest BCUT2D eigenvalue weighted by atomic mass is 9.96. The van der Waals surface area contributed by atoms with Crippen molar-refractivity contribution in [1.82, 2.24) is 9.88 Å². The fourth-order valence-corrected chi connectivity index (χ4v) is 3.70. The molecule has 1 N–H and O–H groups in total. The molecule has 3 rings (SSSR count). The van der Waals surface area contributed by atoms with Crippen LogP contribution in [0.4, 0.5) is 0 Å². The minimum absolute atomic E-state index is 0.0390. The molecule has 1 fully saturated rings. The van der Waals surface area contributed by atoms with E-state index >= 15 is 0 Å². The van der Waals surface area contributed by atoms with Gasteiger partial charge in [-0.25, -0.2) is 0 Å². The quantitative estimate of drug-likeness (QED) is 0.274. The van der Waals surface area contributed by atoms with E-state index in [4.69, 9.17) is 9.47 Å². The van der Waals surface area contributed by atoms with E-state index in [1.54, 1.807) is 48.8 Å². The summed E-state index contributed by atoms with van der Waals surface area (Å²) in [7, 11) is 0. The highest BCUT2D eigenvalue weighted by atomic mass is 16.5. The minimum Gasteiger partial charge on any atom is -0.507 e.